The largest absolute Gasteiger partial charge is 0.330 e. The fraction of sp³-hybridized carbons (Fsp3) is 0.273. The van der Waals surface area contributed by atoms with Crippen LogP contribution in [0.2, 0.25) is 0 Å². The van der Waals surface area contributed by atoms with E-state index in [0.717, 1.165) is 6.42 Å². The molecule has 0 aromatic heterocycles. The fourth-order valence-electron chi connectivity index (χ4n) is 1.26. The summed E-state index contributed by atoms with van der Waals surface area (Å²) in [6.45, 7) is 2.77. The first-order valence-corrected chi connectivity index (χ1v) is 4.29. The normalized spacial score (nSPS) is 11.7. The van der Waals surface area contributed by atoms with Gasteiger partial charge in [0.15, 0.2) is 0 Å². The van der Waals surface area contributed by atoms with Gasteiger partial charge in [0.1, 0.15) is 0 Å². The minimum atomic E-state index is 0.717. The van der Waals surface area contributed by atoms with Gasteiger partial charge in [0.2, 0.25) is 0 Å². The molecule has 0 heterocycles. The van der Waals surface area contributed by atoms with Crippen LogP contribution in [0.4, 0.5) is 0 Å². The van der Waals surface area contributed by atoms with Gasteiger partial charge in [-0.2, -0.15) is 0 Å². The Balaban J connectivity index is 2.82. The molecule has 0 aliphatic rings. The second-order valence-corrected chi connectivity index (χ2v) is 2.72. The van der Waals surface area contributed by atoms with Gasteiger partial charge < -0.3 is 5.73 Å². The molecule has 0 aliphatic heterocycles. The first kappa shape index (κ1) is 9.01. The van der Waals surface area contributed by atoms with Crippen molar-refractivity contribution in [2.45, 2.75) is 13.3 Å². The van der Waals surface area contributed by atoms with Crippen molar-refractivity contribution in [1.82, 2.24) is 0 Å². The van der Waals surface area contributed by atoms with E-state index in [1.165, 1.54) is 11.1 Å². The molecule has 1 aromatic rings. The second-order valence-electron chi connectivity index (χ2n) is 2.72. The molecule has 1 aromatic carbocycles. The summed E-state index contributed by atoms with van der Waals surface area (Å²) in [5.41, 5.74) is 8.12. The quantitative estimate of drug-likeness (QED) is 0.724. The van der Waals surface area contributed by atoms with Gasteiger partial charge in [-0.05, 0) is 31.0 Å². The summed E-state index contributed by atoms with van der Waals surface area (Å²) in [5.74, 6) is 0. The third kappa shape index (κ3) is 2.21. The topological polar surface area (TPSA) is 26.0 Å². The molecule has 1 rings (SSSR count). The summed E-state index contributed by atoms with van der Waals surface area (Å²) in [7, 11) is 0. The third-order valence-corrected chi connectivity index (χ3v) is 1.91. The van der Waals surface area contributed by atoms with Crippen molar-refractivity contribution in [2.75, 3.05) is 6.54 Å². The van der Waals surface area contributed by atoms with Crippen LogP contribution in [0.1, 0.15) is 18.9 Å². The molecular weight excluding hydrogens is 146 g/mol. The van der Waals surface area contributed by atoms with Crippen molar-refractivity contribution in [3.05, 3.63) is 42.0 Å². The molecule has 0 spiro atoms. The highest BCUT2D eigenvalue weighted by Crippen LogP contribution is 2.16. The molecule has 0 radical (unpaired) electrons. The van der Waals surface area contributed by atoms with Crippen LogP contribution in [0.25, 0.3) is 5.57 Å². The van der Waals surface area contributed by atoms with E-state index in [9.17, 15) is 0 Å². The summed E-state index contributed by atoms with van der Waals surface area (Å²) in [5, 5.41) is 0. The lowest BCUT2D eigenvalue weighted by atomic mass is 10.0. The zero-order chi connectivity index (χ0) is 8.81. The summed E-state index contributed by atoms with van der Waals surface area (Å²) >= 11 is 0. The van der Waals surface area contributed by atoms with Gasteiger partial charge in [0.25, 0.3) is 0 Å². The molecule has 2 N–H and O–H groups in total. The maximum absolute atomic E-state index is 5.50. The summed E-state index contributed by atoms with van der Waals surface area (Å²) < 4.78 is 0. The van der Waals surface area contributed by atoms with Crippen LogP contribution in [-0.4, -0.2) is 6.54 Å². The van der Waals surface area contributed by atoms with Crippen LogP contribution in [0.5, 0.6) is 0 Å². The number of hydrogen-bond donors (Lipinski definition) is 1. The van der Waals surface area contributed by atoms with Gasteiger partial charge in [0, 0.05) is 0 Å². The van der Waals surface area contributed by atoms with Crippen LogP contribution in [0, 0.1) is 0 Å². The van der Waals surface area contributed by atoms with Crippen LogP contribution in [0.3, 0.4) is 0 Å². The highest BCUT2D eigenvalue weighted by atomic mass is 14.5. The molecule has 0 aliphatic carbocycles. The number of allylic oxidation sites excluding steroid dienone is 1. The molecule has 64 valence electrons. The van der Waals surface area contributed by atoms with Crippen molar-refractivity contribution in [3.63, 3.8) is 0 Å². The van der Waals surface area contributed by atoms with Gasteiger partial charge in [-0.3, -0.25) is 0 Å². The van der Waals surface area contributed by atoms with Crippen molar-refractivity contribution in [2.24, 2.45) is 5.73 Å². The molecule has 0 bridgehead atoms. The van der Waals surface area contributed by atoms with E-state index in [2.05, 4.69) is 37.3 Å². The lowest BCUT2D eigenvalue weighted by Gasteiger charge is -2.04. The van der Waals surface area contributed by atoms with E-state index in [-0.39, 0.29) is 0 Å². The van der Waals surface area contributed by atoms with E-state index >= 15 is 0 Å². The predicted molar refractivity (Wildman–Crippen MR) is 53.8 cm³/mol. The van der Waals surface area contributed by atoms with Crippen LogP contribution in [-0.2, 0) is 0 Å². The highest BCUT2D eigenvalue weighted by molar-refractivity contribution is 5.65. The molecule has 0 amide bonds. The Labute approximate surface area is 73.9 Å². The molecular formula is C11H15N. The van der Waals surface area contributed by atoms with Crippen molar-refractivity contribution >= 4 is 5.57 Å². The highest BCUT2D eigenvalue weighted by Gasteiger charge is 1.96. The molecule has 12 heavy (non-hydrogen) atoms. The average Bonchev–Trinajstić information content (AvgIpc) is 2.15. The van der Waals surface area contributed by atoms with Crippen LogP contribution < -0.4 is 5.73 Å². The zero-order valence-corrected chi connectivity index (χ0v) is 7.46. The van der Waals surface area contributed by atoms with E-state index in [1.807, 2.05) is 6.07 Å². The Bertz CT molecular complexity index is 249. The average molecular weight is 161 g/mol. The monoisotopic (exact) mass is 161 g/mol. The number of rotatable bonds is 3. The van der Waals surface area contributed by atoms with E-state index in [4.69, 9.17) is 5.73 Å². The maximum atomic E-state index is 5.50. The Morgan fingerprint density at radius 2 is 2.00 bits per heavy atom. The van der Waals surface area contributed by atoms with Crippen molar-refractivity contribution < 1.29 is 0 Å². The summed E-state index contributed by atoms with van der Waals surface area (Å²) in [4.78, 5) is 0. The predicted octanol–water partition coefficient (Wildman–Crippen LogP) is 2.44. The molecule has 0 saturated carbocycles. The molecule has 0 atom stereocenters. The Kier molecular flexibility index (Phi) is 3.55. The Morgan fingerprint density at radius 1 is 1.33 bits per heavy atom. The van der Waals surface area contributed by atoms with Crippen LogP contribution >= 0.6 is 0 Å². The van der Waals surface area contributed by atoms with E-state index < -0.39 is 0 Å². The number of nitrogens with two attached hydrogens (primary N) is 1. The molecule has 1 nitrogen and oxygen atoms in total. The van der Waals surface area contributed by atoms with Gasteiger partial charge in [0.05, 0.1) is 0 Å². The van der Waals surface area contributed by atoms with Crippen molar-refractivity contribution in [1.29, 1.82) is 0 Å². The fourth-order valence-corrected chi connectivity index (χ4v) is 1.26. The number of hydrogen-bond acceptors (Lipinski definition) is 1. The third-order valence-electron chi connectivity index (χ3n) is 1.91. The lowest BCUT2D eigenvalue weighted by molar-refractivity contribution is 1.02. The SMILES string of the molecule is CC=C(CCN)c1ccccc1. The number of benzene rings is 1. The molecule has 0 unspecified atom stereocenters. The maximum Gasteiger partial charge on any atom is -0.00366 e. The first-order chi connectivity index (χ1) is 5.88. The van der Waals surface area contributed by atoms with Crippen molar-refractivity contribution in [3.8, 4) is 0 Å². The first-order valence-electron chi connectivity index (χ1n) is 4.29. The zero-order valence-electron chi connectivity index (χ0n) is 7.46. The van der Waals surface area contributed by atoms with Gasteiger partial charge in [-0.1, -0.05) is 36.4 Å². The second kappa shape index (κ2) is 4.73. The summed E-state index contributed by atoms with van der Waals surface area (Å²) in [6, 6.07) is 10.4. The van der Waals surface area contributed by atoms with E-state index in [0.29, 0.717) is 6.54 Å². The van der Waals surface area contributed by atoms with Gasteiger partial charge in [-0.15, -0.1) is 0 Å². The van der Waals surface area contributed by atoms with Gasteiger partial charge in [-0.25, -0.2) is 0 Å². The Hall–Kier alpha value is -1.08. The standard InChI is InChI=1S/C11H15N/c1-2-10(8-9-12)11-6-4-3-5-7-11/h2-7H,8-9,12H2,1H3. The lowest BCUT2D eigenvalue weighted by Crippen LogP contribution is -1.99. The molecule has 0 fully saturated rings. The van der Waals surface area contributed by atoms with Gasteiger partial charge >= 0.3 is 0 Å². The molecule has 0 saturated heterocycles. The van der Waals surface area contributed by atoms with Crippen LogP contribution in [0.15, 0.2) is 36.4 Å². The minimum Gasteiger partial charge on any atom is -0.330 e. The summed E-state index contributed by atoms with van der Waals surface area (Å²) in [6.07, 6.45) is 3.09. The minimum absolute atomic E-state index is 0.717. The smallest absolute Gasteiger partial charge is 0.00366 e. The van der Waals surface area contributed by atoms with E-state index in [1.54, 1.807) is 0 Å². The molecule has 1 heteroatoms. The Morgan fingerprint density at radius 3 is 2.50 bits per heavy atom.